The summed E-state index contributed by atoms with van der Waals surface area (Å²) in [6.45, 7) is 2.70. The molecule has 1 N–H and O–H groups in total. The maximum absolute atomic E-state index is 11.6. The van der Waals surface area contributed by atoms with Crippen LogP contribution < -0.4 is 5.32 Å². The Hall–Kier alpha value is -1.65. The molecule has 2 aromatic rings. The first kappa shape index (κ1) is 15.7. The summed E-state index contributed by atoms with van der Waals surface area (Å²) in [6, 6.07) is 17.7. The van der Waals surface area contributed by atoms with Gasteiger partial charge in [-0.25, -0.2) is 8.42 Å². The van der Waals surface area contributed by atoms with Gasteiger partial charge in [-0.1, -0.05) is 60.2 Å². The molecule has 21 heavy (non-hydrogen) atoms. The molecule has 4 heteroatoms. The predicted octanol–water partition coefficient (Wildman–Crippen LogP) is 2.87. The third-order valence-corrected chi connectivity index (χ3v) is 4.25. The lowest BCUT2D eigenvalue weighted by molar-refractivity contribution is 0.551. The highest BCUT2D eigenvalue weighted by Gasteiger charge is 2.16. The highest BCUT2D eigenvalue weighted by Crippen LogP contribution is 2.16. The Labute approximate surface area is 126 Å². The molecule has 0 aromatic heterocycles. The number of benzene rings is 2. The van der Waals surface area contributed by atoms with E-state index in [9.17, 15) is 8.42 Å². The van der Waals surface area contributed by atoms with Crippen LogP contribution in [0.25, 0.3) is 0 Å². The summed E-state index contributed by atoms with van der Waals surface area (Å²) in [4.78, 5) is 0. The van der Waals surface area contributed by atoms with Crippen LogP contribution >= 0.6 is 0 Å². The van der Waals surface area contributed by atoms with Crippen molar-refractivity contribution in [3.05, 3.63) is 71.3 Å². The maximum Gasteiger partial charge on any atom is 0.149 e. The summed E-state index contributed by atoms with van der Waals surface area (Å²) in [5.41, 5.74) is 3.36. The Morgan fingerprint density at radius 3 is 2.38 bits per heavy atom. The van der Waals surface area contributed by atoms with Gasteiger partial charge in [0, 0.05) is 18.8 Å². The molecule has 0 radical (unpaired) electrons. The second-order valence-electron chi connectivity index (χ2n) is 5.43. The standard InChI is InChI=1S/C17H21NO2S/c1-14-7-6-8-15(11-14)12-18-17(13-21(2,19)20)16-9-4-3-5-10-16/h3-11,17-18H,12-13H2,1-2H3/t17-/m0/s1. The third-order valence-electron chi connectivity index (χ3n) is 3.31. The molecule has 0 amide bonds. The molecule has 0 heterocycles. The van der Waals surface area contributed by atoms with Gasteiger partial charge in [-0.15, -0.1) is 0 Å². The molecule has 1 atom stereocenters. The molecule has 0 aliphatic carbocycles. The summed E-state index contributed by atoms with van der Waals surface area (Å²) >= 11 is 0. The fourth-order valence-corrected chi connectivity index (χ4v) is 3.24. The lowest BCUT2D eigenvalue weighted by Crippen LogP contribution is -2.27. The second-order valence-corrected chi connectivity index (χ2v) is 7.61. The Balaban J connectivity index is 2.13. The normalized spacial score (nSPS) is 13.0. The van der Waals surface area contributed by atoms with Gasteiger partial charge in [0.05, 0.1) is 5.75 Å². The first-order valence-electron chi connectivity index (χ1n) is 6.96. The molecule has 0 aliphatic rings. The molecule has 0 fully saturated rings. The molecule has 3 nitrogen and oxygen atoms in total. The Morgan fingerprint density at radius 2 is 1.76 bits per heavy atom. The van der Waals surface area contributed by atoms with Crippen LogP contribution in [-0.4, -0.2) is 20.4 Å². The zero-order valence-corrected chi connectivity index (χ0v) is 13.2. The van der Waals surface area contributed by atoms with E-state index in [-0.39, 0.29) is 11.8 Å². The summed E-state index contributed by atoms with van der Waals surface area (Å²) in [7, 11) is -3.05. The van der Waals surface area contributed by atoms with Crippen molar-refractivity contribution in [2.45, 2.75) is 19.5 Å². The molecule has 0 bridgehead atoms. The van der Waals surface area contributed by atoms with Crippen molar-refractivity contribution in [3.8, 4) is 0 Å². The van der Waals surface area contributed by atoms with Crippen molar-refractivity contribution in [1.82, 2.24) is 5.32 Å². The van der Waals surface area contributed by atoms with Crippen LogP contribution in [0, 0.1) is 6.92 Å². The largest absolute Gasteiger partial charge is 0.305 e. The molecule has 2 rings (SSSR count). The Morgan fingerprint density at radius 1 is 1.05 bits per heavy atom. The molecule has 0 spiro atoms. The smallest absolute Gasteiger partial charge is 0.149 e. The summed E-state index contributed by atoms with van der Waals surface area (Å²) in [6.07, 6.45) is 1.28. The van der Waals surface area contributed by atoms with Crippen molar-refractivity contribution < 1.29 is 8.42 Å². The Kier molecular flexibility index (Phi) is 5.15. The lowest BCUT2D eigenvalue weighted by atomic mass is 10.1. The van der Waals surface area contributed by atoms with Gasteiger partial charge in [-0.2, -0.15) is 0 Å². The highest BCUT2D eigenvalue weighted by molar-refractivity contribution is 7.90. The topological polar surface area (TPSA) is 46.2 Å². The summed E-state index contributed by atoms with van der Waals surface area (Å²) < 4.78 is 23.3. The fraction of sp³-hybridized carbons (Fsp3) is 0.294. The quantitative estimate of drug-likeness (QED) is 0.892. The van der Waals surface area contributed by atoms with Crippen molar-refractivity contribution in [2.75, 3.05) is 12.0 Å². The van der Waals surface area contributed by atoms with E-state index in [1.165, 1.54) is 11.8 Å². The zero-order valence-electron chi connectivity index (χ0n) is 12.4. The first-order valence-corrected chi connectivity index (χ1v) is 9.02. The van der Waals surface area contributed by atoms with E-state index in [1.807, 2.05) is 42.5 Å². The van der Waals surface area contributed by atoms with Crippen LogP contribution in [0.5, 0.6) is 0 Å². The molecule has 112 valence electrons. The van der Waals surface area contributed by atoms with Gasteiger partial charge >= 0.3 is 0 Å². The molecule has 0 unspecified atom stereocenters. The number of nitrogens with one attached hydrogen (secondary N) is 1. The van der Waals surface area contributed by atoms with Crippen molar-refractivity contribution in [3.63, 3.8) is 0 Å². The van der Waals surface area contributed by atoms with Gasteiger partial charge < -0.3 is 5.32 Å². The first-order chi connectivity index (χ1) is 9.94. The van der Waals surface area contributed by atoms with Crippen LogP contribution in [0.3, 0.4) is 0 Å². The minimum absolute atomic E-state index is 0.100. The van der Waals surface area contributed by atoms with Crippen LogP contribution in [0.4, 0.5) is 0 Å². The number of aryl methyl sites for hydroxylation is 1. The van der Waals surface area contributed by atoms with E-state index in [0.29, 0.717) is 6.54 Å². The molecule has 2 aromatic carbocycles. The van der Waals surface area contributed by atoms with Crippen molar-refractivity contribution in [2.24, 2.45) is 0 Å². The second kappa shape index (κ2) is 6.87. The van der Waals surface area contributed by atoms with Gasteiger partial charge in [-0.05, 0) is 18.1 Å². The van der Waals surface area contributed by atoms with Crippen LogP contribution in [0.2, 0.25) is 0 Å². The SMILES string of the molecule is Cc1cccc(CN[C@@H](CS(C)(=O)=O)c2ccccc2)c1. The number of hydrogen-bond acceptors (Lipinski definition) is 3. The van der Waals surface area contributed by atoms with Crippen molar-refractivity contribution in [1.29, 1.82) is 0 Å². The molecule has 0 aliphatic heterocycles. The van der Waals surface area contributed by atoms with Gasteiger partial charge in [0.1, 0.15) is 9.84 Å². The fourth-order valence-electron chi connectivity index (χ4n) is 2.32. The van der Waals surface area contributed by atoms with Gasteiger partial charge in [0.15, 0.2) is 0 Å². The van der Waals surface area contributed by atoms with E-state index in [4.69, 9.17) is 0 Å². The zero-order chi connectivity index (χ0) is 15.3. The summed E-state index contributed by atoms with van der Waals surface area (Å²) in [5, 5.41) is 3.36. The van der Waals surface area contributed by atoms with Crippen molar-refractivity contribution >= 4 is 9.84 Å². The van der Waals surface area contributed by atoms with E-state index in [1.54, 1.807) is 0 Å². The average molecular weight is 303 g/mol. The molecule has 0 saturated carbocycles. The number of rotatable bonds is 6. The maximum atomic E-state index is 11.6. The summed E-state index contributed by atoms with van der Waals surface area (Å²) in [5.74, 6) is 0.100. The predicted molar refractivity (Wildman–Crippen MR) is 86.9 cm³/mol. The molecular weight excluding hydrogens is 282 g/mol. The average Bonchev–Trinajstić information content (AvgIpc) is 2.43. The highest BCUT2D eigenvalue weighted by atomic mass is 32.2. The molecular formula is C17H21NO2S. The molecule has 0 saturated heterocycles. The number of hydrogen-bond donors (Lipinski definition) is 1. The van der Waals surface area contributed by atoms with E-state index < -0.39 is 9.84 Å². The Bertz CT molecular complexity index is 681. The van der Waals surface area contributed by atoms with Crippen LogP contribution in [0.1, 0.15) is 22.7 Å². The van der Waals surface area contributed by atoms with E-state index >= 15 is 0 Å². The minimum atomic E-state index is -3.05. The van der Waals surface area contributed by atoms with Crippen LogP contribution in [-0.2, 0) is 16.4 Å². The van der Waals surface area contributed by atoms with Gasteiger partial charge in [0.25, 0.3) is 0 Å². The van der Waals surface area contributed by atoms with Gasteiger partial charge in [-0.3, -0.25) is 0 Å². The van der Waals surface area contributed by atoms with Gasteiger partial charge in [0.2, 0.25) is 0 Å². The van der Waals surface area contributed by atoms with E-state index in [2.05, 4.69) is 24.4 Å². The number of sulfone groups is 1. The third kappa shape index (κ3) is 5.33. The monoisotopic (exact) mass is 303 g/mol. The van der Waals surface area contributed by atoms with E-state index in [0.717, 1.165) is 11.1 Å². The minimum Gasteiger partial charge on any atom is -0.305 e. The van der Waals surface area contributed by atoms with Crippen LogP contribution in [0.15, 0.2) is 54.6 Å². The lowest BCUT2D eigenvalue weighted by Gasteiger charge is -2.18.